The molecule has 0 aliphatic carbocycles. The first-order chi connectivity index (χ1) is 15.0. The maximum atomic E-state index is 12.9. The number of nitrogens with zero attached hydrogens (tertiary/aromatic N) is 2. The van der Waals surface area contributed by atoms with Crippen LogP contribution in [-0.4, -0.2) is 34.0 Å². The molecule has 31 heavy (non-hydrogen) atoms. The largest absolute Gasteiger partial charge is 0.465 e. The average molecular weight is 438 g/mol. The first-order valence-electron chi connectivity index (χ1n) is 9.78. The monoisotopic (exact) mass is 437 g/mol. The number of benzene rings is 2. The Labute approximate surface area is 183 Å². The summed E-state index contributed by atoms with van der Waals surface area (Å²) in [6, 6.07) is 14.0. The van der Waals surface area contributed by atoms with Gasteiger partial charge in [-0.1, -0.05) is 41.9 Å². The average Bonchev–Trinajstić information content (AvgIpc) is 3.22. The van der Waals surface area contributed by atoms with Crippen LogP contribution in [0.4, 0.5) is 4.79 Å². The van der Waals surface area contributed by atoms with E-state index in [9.17, 15) is 14.4 Å². The third-order valence-corrected chi connectivity index (χ3v) is 5.19. The summed E-state index contributed by atoms with van der Waals surface area (Å²) < 4.78 is 6.82. The van der Waals surface area contributed by atoms with Crippen LogP contribution in [-0.2, 0) is 27.4 Å². The predicted octanol–water partition coefficient (Wildman–Crippen LogP) is 3.95. The molecule has 0 saturated carbocycles. The third kappa shape index (κ3) is 4.32. The van der Waals surface area contributed by atoms with Crippen molar-refractivity contribution in [3.63, 3.8) is 0 Å². The van der Waals surface area contributed by atoms with Crippen molar-refractivity contribution in [3.8, 4) is 0 Å². The van der Waals surface area contributed by atoms with Gasteiger partial charge in [0.15, 0.2) is 0 Å². The van der Waals surface area contributed by atoms with Crippen molar-refractivity contribution >= 4 is 46.5 Å². The van der Waals surface area contributed by atoms with E-state index in [4.69, 9.17) is 16.3 Å². The number of aromatic nitrogens is 1. The van der Waals surface area contributed by atoms with Crippen LogP contribution in [0, 0.1) is 0 Å². The molecule has 0 radical (unpaired) electrons. The lowest BCUT2D eigenvalue weighted by Gasteiger charge is -2.11. The fourth-order valence-corrected chi connectivity index (χ4v) is 3.64. The van der Waals surface area contributed by atoms with E-state index in [0.717, 1.165) is 26.9 Å². The number of hydrogen-bond donors (Lipinski definition) is 1. The van der Waals surface area contributed by atoms with Crippen LogP contribution in [0.15, 0.2) is 60.4 Å². The lowest BCUT2D eigenvalue weighted by molar-refractivity contribution is -0.143. The molecule has 0 bridgehead atoms. The first-order valence-corrected chi connectivity index (χ1v) is 10.2. The highest BCUT2D eigenvalue weighted by Gasteiger charge is 2.33. The number of imide groups is 1. The second-order valence-electron chi connectivity index (χ2n) is 7.04. The molecule has 1 saturated heterocycles. The maximum absolute atomic E-state index is 12.9. The van der Waals surface area contributed by atoms with Crippen LogP contribution in [0.25, 0.3) is 17.0 Å². The minimum Gasteiger partial charge on any atom is -0.465 e. The maximum Gasteiger partial charge on any atom is 0.329 e. The molecular formula is C23H20ClN3O4. The number of halogens is 1. The number of rotatable bonds is 6. The van der Waals surface area contributed by atoms with E-state index >= 15 is 0 Å². The van der Waals surface area contributed by atoms with Gasteiger partial charge in [0.05, 0.1) is 13.2 Å². The lowest BCUT2D eigenvalue weighted by atomic mass is 10.1. The molecule has 1 aromatic heterocycles. The van der Waals surface area contributed by atoms with Gasteiger partial charge in [0, 0.05) is 27.7 Å². The second kappa shape index (κ2) is 8.65. The molecule has 2 heterocycles. The number of carbonyl (C=O) groups is 3. The minimum absolute atomic E-state index is 0.0561. The quantitative estimate of drug-likeness (QED) is 0.359. The third-order valence-electron chi connectivity index (χ3n) is 4.94. The van der Waals surface area contributed by atoms with E-state index in [-0.39, 0.29) is 24.8 Å². The summed E-state index contributed by atoms with van der Waals surface area (Å²) in [5, 5.41) is 4.08. The van der Waals surface area contributed by atoms with Crippen molar-refractivity contribution < 1.29 is 19.1 Å². The van der Waals surface area contributed by atoms with Gasteiger partial charge in [-0.2, -0.15) is 0 Å². The summed E-state index contributed by atoms with van der Waals surface area (Å²) in [4.78, 5) is 38.4. The molecule has 3 amide bonds. The number of ether oxygens (including phenoxy) is 1. The Morgan fingerprint density at radius 3 is 2.61 bits per heavy atom. The van der Waals surface area contributed by atoms with Crippen LogP contribution in [0.1, 0.15) is 18.1 Å². The summed E-state index contributed by atoms with van der Waals surface area (Å²) in [6.45, 7) is 2.26. The zero-order chi connectivity index (χ0) is 22.0. The van der Waals surface area contributed by atoms with E-state index in [1.54, 1.807) is 48.0 Å². The van der Waals surface area contributed by atoms with E-state index in [0.29, 0.717) is 11.6 Å². The molecule has 0 unspecified atom stereocenters. The first kappa shape index (κ1) is 20.7. The van der Waals surface area contributed by atoms with E-state index in [1.165, 1.54) is 0 Å². The van der Waals surface area contributed by atoms with Crippen LogP contribution in [0.5, 0.6) is 0 Å². The molecule has 2 aromatic carbocycles. The molecular weight excluding hydrogens is 418 g/mol. The van der Waals surface area contributed by atoms with Crippen LogP contribution >= 0.6 is 11.6 Å². The molecule has 1 aliphatic rings. The zero-order valence-electron chi connectivity index (χ0n) is 16.8. The molecule has 158 valence electrons. The topological polar surface area (TPSA) is 80.6 Å². The van der Waals surface area contributed by atoms with Gasteiger partial charge < -0.3 is 14.6 Å². The van der Waals surface area contributed by atoms with Crippen molar-refractivity contribution in [1.29, 1.82) is 0 Å². The number of esters is 1. The highest BCUT2D eigenvalue weighted by molar-refractivity contribution is 6.30. The molecule has 7 nitrogen and oxygen atoms in total. The molecule has 1 aliphatic heterocycles. The van der Waals surface area contributed by atoms with Crippen molar-refractivity contribution in [2.45, 2.75) is 20.0 Å². The Bertz CT molecular complexity index is 1200. The van der Waals surface area contributed by atoms with Gasteiger partial charge in [0.1, 0.15) is 12.2 Å². The van der Waals surface area contributed by atoms with Gasteiger partial charge in [-0.05, 0) is 36.8 Å². The summed E-state index contributed by atoms with van der Waals surface area (Å²) >= 11 is 5.90. The number of amides is 3. The van der Waals surface area contributed by atoms with Gasteiger partial charge in [-0.3, -0.25) is 14.5 Å². The van der Waals surface area contributed by atoms with Gasteiger partial charge in [0.2, 0.25) is 0 Å². The standard InChI is InChI=1S/C23H20ClN3O4/c1-2-31-21(28)14-26-13-16(18-5-3-4-6-20(18)26)11-19-22(29)27(23(30)25-19)12-15-7-9-17(24)10-8-15/h3-11,13H,2,12,14H2,1H3,(H,25,30). The van der Waals surface area contributed by atoms with Gasteiger partial charge in [0.25, 0.3) is 5.91 Å². The summed E-state index contributed by atoms with van der Waals surface area (Å²) in [5.41, 5.74) is 2.52. The smallest absolute Gasteiger partial charge is 0.329 e. The predicted molar refractivity (Wildman–Crippen MR) is 117 cm³/mol. The zero-order valence-corrected chi connectivity index (χ0v) is 17.6. The number of hydrogen-bond acceptors (Lipinski definition) is 4. The number of fused-ring (bicyclic) bond motifs is 1. The summed E-state index contributed by atoms with van der Waals surface area (Å²) in [6.07, 6.45) is 3.40. The van der Waals surface area contributed by atoms with E-state index < -0.39 is 11.9 Å². The van der Waals surface area contributed by atoms with Crippen molar-refractivity contribution in [3.05, 3.63) is 76.6 Å². The SMILES string of the molecule is CCOC(=O)Cn1cc(C=C2NC(=O)N(Cc3ccc(Cl)cc3)C2=O)c2ccccc21. The fourth-order valence-electron chi connectivity index (χ4n) is 3.51. The van der Waals surface area contributed by atoms with Crippen molar-refractivity contribution in [2.75, 3.05) is 6.61 Å². The molecule has 8 heteroatoms. The number of para-hydroxylation sites is 1. The fraction of sp³-hybridized carbons (Fsp3) is 0.174. The highest BCUT2D eigenvalue weighted by Crippen LogP contribution is 2.25. The van der Waals surface area contributed by atoms with Crippen LogP contribution in [0.2, 0.25) is 5.02 Å². The number of carbonyl (C=O) groups excluding carboxylic acids is 3. The lowest BCUT2D eigenvalue weighted by Crippen LogP contribution is -2.30. The second-order valence-corrected chi connectivity index (χ2v) is 7.48. The van der Waals surface area contributed by atoms with Gasteiger partial charge >= 0.3 is 12.0 Å². The van der Waals surface area contributed by atoms with Gasteiger partial charge in [-0.15, -0.1) is 0 Å². The molecule has 1 fully saturated rings. The van der Waals surface area contributed by atoms with E-state index in [1.807, 2.05) is 24.3 Å². The number of nitrogens with one attached hydrogen (secondary N) is 1. The minimum atomic E-state index is -0.485. The van der Waals surface area contributed by atoms with Crippen LogP contribution < -0.4 is 5.32 Å². The molecule has 1 N–H and O–H groups in total. The highest BCUT2D eigenvalue weighted by atomic mass is 35.5. The van der Waals surface area contributed by atoms with Gasteiger partial charge in [-0.25, -0.2) is 4.79 Å². The van der Waals surface area contributed by atoms with Crippen molar-refractivity contribution in [1.82, 2.24) is 14.8 Å². The summed E-state index contributed by atoms with van der Waals surface area (Å²) in [5.74, 6) is -0.760. The Hall–Kier alpha value is -3.58. The Kier molecular flexibility index (Phi) is 5.77. The molecule has 0 spiro atoms. The van der Waals surface area contributed by atoms with Crippen LogP contribution in [0.3, 0.4) is 0 Å². The Balaban J connectivity index is 1.62. The Morgan fingerprint density at radius 1 is 1.13 bits per heavy atom. The normalized spacial score (nSPS) is 15.0. The molecule has 0 atom stereocenters. The summed E-state index contributed by atoms with van der Waals surface area (Å²) in [7, 11) is 0. The molecule has 3 aromatic rings. The van der Waals surface area contributed by atoms with E-state index in [2.05, 4.69) is 5.32 Å². The van der Waals surface area contributed by atoms with Crippen molar-refractivity contribution in [2.24, 2.45) is 0 Å². The Morgan fingerprint density at radius 2 is 1.87 bits per heavy atom. The molecule has 4 rings (SSSR count). The number of urea groups is 1.